The van der Waals surface area contributed by atoms with Crippen molar-refractivity contribution in [2.75, 3.05) is 27.7 Å². The predicted molar refractivity (Wildman–Crippen MR) is 148 cm³/mol. The van der Waals surface area contributed by atoms with Crippen LogP contribution in [0.15, 0.2) is 18.2 Å². The van der Waals surface area contributed by atoms with E-state index in [9.17, 15) is 0 Å². The number of hydrogen-bond donors (Lipinski definition) is 0. The molecule has 4 heteroatoms. The van der Waals surface area contributed by atoms with Gasteiger partial charge >= 0.3 is 0 Å². The molecular formula is C30H53N3O. The maximum atomic E-state index is 5.42. The third-order valence-electron chi connectivity index (χ3n) is 7.03. The lowest BCUT2D eigenvalue weighted by Crippen LogP contribution is -2.16. The molecule has 0 amide bonds. The highest BCUT2D eigenvalue weighted by atomic mass is 16.5. The number of hydrogen-bond acceptors (Lipinski definition) is 3. The van der Waals surface area contributed by atoms with E-state index in [1.54, 1.807) is 7.11 Å². The van der Waals surface area contributed by atoms with Crippen LogP contribution in [0.25, 0.3) is 11.0 Å². The smallest absolute Gasteiger partial charge is 0.121 e. The van der Waals surface area contributed by atoms with Crippen molar-refractivity contribution in [2.45, 2.75) is 123 Å². The van der Waals surface area contributed by atoms with Crippen molar-refractivity contribution in [3.8, 4) is 5.75 Å². The Morgan fingerprint density at radius 2 is 1.32 bits per heavy atom. The van der Waals surface area contributed by atoms with Gasteiger partial charge in [0, 0.05) is 19.0 Å². The number of rotatable bonds is 21. The Kier molecular flexibility index (Phi) is 15.0. The summed E-state index contributed by atoms with van der Waals surface area (Å²) in [6.45, 7) is 4.44. The molecule has 2 rings (SSSR count). The summed E-state index contributed by atoms with van der Waals surface area (Å²) in [5, 5.41) is 0. The lowest BCUT2D eigenvalue weighted by molar-refractivity contribution is 0.386. The van der Waals surface area contributed by atoms with E-state index < -0.39 is 0 Å². The van der Waals surface area contributed by atoms with Crippen LogP contribution < -0.4 is 4.74 Å². The minimum atomic E-state index is 0.893. The zero-order chi connectivity index (χ0) is 24.4. The van der Waals surface area contributed by atoms with Gasteiger partial charge in [-0.1, -0.05) is 96.8 Å². The maximum Gasteiger partial charge on any atom is 0.121 e. The number of aromatic nitrogens is 2. The van der Waals surface area contributed by atoms with E-state index in [1.165, 1.54) is 108 Å². The van der Waals surface area contributed by atoms with E-state index in [1.807, 2.05) is 0 Å². The first-order valence-corrected chi connectivity index (χ1v) is 14.3. The molecule has 0 fully saturated rings. The first-order valence-electron chi connectivity index (χ1n) is 14.3. The molecule has 0 aliphatic rings. The topological polar surface area (TPSA) is 30.3 Å². The lowest BCUT2D eigenvalue weighted by Gasteiger charge is -2.12. The summed E-state index contributed by atoms with van der Waals surface area (Å²) >= 11 is 0. The summed E-state index contributed by atoms with van der Waals surface area (Å²) in [7, 11) is 6.02. The highest BCUT2D eigenvalue weighted by Crippen LogP contribution is 2.23. The summed E-state index contributed by atoms with van der Waals surface area (Å²) in [5.41, 5.74) is 2.32. The van der Waals surface area contributed by atoms with Gasteiger partial charge in [-0.3, -0.25) is 0 Å². The van der Waals surface area contributed by atoms with Crippen molar-refractivity contribution in [3.63, 3.8) is 0 Å². The fourth-order valence-electron chi connectivity index (χ4n) is 4.93. The first kappa shape index (κ1) is 28.7. The van der Waals surface area contributed by atoms with Crippen LogP contribution in [0.5, 0.6) is 5.75 Å². The Morgan fingerprint density at radius 1 is 0.765 bits per heavy atom. The van der Waals surface area contributed by atoms with E-state index in [0.29, 0.717) is 0 Å². The molecule has 0 atom stereocenters. The van der Waals surface area contributed by atoms with Gasteiger partial charge in [0.15, 0.2) is 0 Å². The van der Waals surface area contributed by atoms with Crippen LogP contribution in [-0.4, -0.2) is 42.2 Å². The summed E-state index contributed by atoms with van der Waals surface area (Å²) in [4.78, 5) is 7.25. The number of methoxy groups -OCH3 is 1. The molecule has 1 aromatic heterocycles. The summed E-state index contributed by atoms with van der Waals surface area (Å²) < 4.78 is 7.87. The number of imidazole rings is 1. The second-order valence-electron chi connectivity index (χ2n) is 10.4. The van der Waals surface area contributed by atoms with Crippen molar-refractivity contribution >= 4 is 11.0 Å². The highest BCUT2D eigenvalue weighted by Gasteiger charge is 2.11. The average Bonchev–Trinajstić information content (AvgIpc) is 3.17. The van der Waals surface area contributed by atoms with Gasteiger partial charge in [0.2, 0.25) is 0 Å². The minimum Gasteiger partial charge on any atom is -0.497 e. The fourth-order valence-corrected chi connectivity index (χ4v) is 4.93. The lowest BCUT2D eigenvalue weighted by atomic mass is 10.0. The second-order valence-corrected chi connectivity index (χ2v) is 10.4. The molecule has 0 bridgehead atoms. The van der Waals surface area contributed by atoms with E-state index >= 15 is 0 Å². The molecule has 194 valence electrons. The number of benzene rings is 1. The van der Waals surface area contributed by atoms with Gasteiger partial charge < -0.3 is 14.2 Å². The van der Waals surface area contributed by atoms with E-state index in [-0.39, 0.29) is 0 Å². The number of nitrogens with zero attached hydrogens (tertiary/aromatic N) is 3. The van der Waals surface area contributed by atoms with Crippen LogP contribution in [-0.2, 0) is 13.0 Å². The maximum absolute atomic E-state index is 5.42. The van der Waals surface area contributed by atoms with Crippen LogP contribution in [0.3, 0.4) is 0 Å². The van der Waals surface area contributed by atoms with Crippen LogP contribution in [0.2, 0.25) is 0 Å². The van der Waals surface area contributed by atoms with Crippen molar-refractivity contribution in [1.82, 2.24) is 14.5 Å². The molecule has 0 aliphatic heterocycles. The van der Waals surface area contributed by atoms with Gasteiger partial charge in [0.05, 0.1) is 18.1 Å². The zero-order valence-electron chi connectivity index (χ0n) is 22.9. The molecule has 34 heavy (non-hydrogen) atoms. The standard InChI is InChI=1S/C30H53N3O/c1-5-6-7-8-9-10-11-12-13-14-15-16-17-18-19-21-30-31-28-26-27(34-4)22-23-29(28)33(30)25-20-24-32(2)3/h22-23,26H,5-21,24-25H2,1-4H3. The normalized spacial score (nSPS) is 11.7. The van der Waals surface area contributed by atoms with Gasteiger partial charge in [-0.15, -0.1) is 0 Å². The van der Waals surface area contributed by atoms with Crippen LogP contribution in [0, 0.1) is 0 Å². The average molecular weight is 472 g/mol. The molecule has 0 saturated heterocycles. The van der Waals surface area contributed by atoms with Gasteiger partial charge in [-0.05, 0) is 45.6 Å². The second kappa shape index (κ2) is 17.8. The van der Waals surface area contributed by atoms with Gasteiger partial charge in [-0.2, -0.15) is 0 Å². The third-order valence-corrected chi connectivity index (χ3v) is 7.03. The molecule has 0 saturated carbocycles. The Hall–Kier alpha value is -1.55. The minimum absolute atomic E-state index is 0.893. The van der Waals surface area contributed by atoms with Gasteiger partial charge in [-0.25, -0.2) is 4.98 Å². The zero-order valence-corrected chi connectivity index (χ0v) is 22.9. The van der Waals surface area contributed by atoms with Crippen LogP contribution >= 0.6 is 0 Å². The molecule has 1 heterocycles. The Bertz CT molecular complexity index is 768. The van der Waals surface area contributed by atoms with Gasteiger partial charge in [0.25, 0.3) is 0 Å². The van der Waals surface area contributed by atoms with E-state index in [0.717, 1.165) is 37.2 Å². The molecular weight excluding hydrogens is 418 g/mol. The predicted octanol–water partition coefficient (Wildman–Crippen LogP) is 8.41. The van der Waals surface area contributed by atoms with Crippen molar-refractivity contribution in [3.05, 3.63) is 24.0 Å². The monoisotopic (exact) mass is 471 g/mol. The fraction of sp³-hybridized carbons (Fsp3) is 0.767. The Labute approximate surface area is 210 Å². The van der Waals surface area contributed by atoms with E-state index in [2.05, 4.69) is 48.7 Å². The Balaban J connectivity index is 1.61. The number of ether oxygens (including phenoxy) is 1. The molecule has 4 nitrogen and oxygen atoms in total. The van der Waals surface area contributed by atoms with Crippen molar-refractivity contribution < 1.29 is 4.74 Å². The molecule has 0 radical (unpaired) electrons. The van der Waals surface area contributed by atoms with Crippen LogP contribution in [0.1, 0.15) is 115 Å². The number of aryl methyl sites for hydroxylation is 2. The summed E-state index contributed by atoms with van der Waals surface area (Å²) in [6, 6.07) is 6.31. The first-order chi connectivity index (χ1) is 16.7. The SMILES string of the molecule is CCCCCCCCCCCCCCCCCc1nc2cc(OC)ccc2n1CCCN(C)C. The molecule has 0 N–H and O–H groups in total. The van der Waals surface area contributed by atoms with Crippen molar-refractivity contribution in [1.29, 1.82) is 0 Å². The molecule has 0 unspecified atom stereocenters. The van der Waals surface area contributed by atoms with Crippen LogP contribution in [0.4, 0.5) is 0 Å². The summed E-state index contributed by atoms with van der Waals surface area (Å²) in [6.07, 6.45) is 23.3. The van der Waals surface area contributed by atoms with Gasteiger partial charge in [0.1, 0.15) is 11.6 Å². The quantitative estimate of drug-likeness (QED) is 0.171. The molecule has 1 aromatic carbocycles. The number of fused-ring (bicyclic) bond motifs is 1. The highest BCUT2D eigenvalue weighted by molar-refractivity contribution is 5.77. The molecule has 0 aliphatic carbocycles. The molecule has 0 spiro atoms. The van der Waals surface area contributed by atoms with Crippen molar-refractivity contribution in [2.24, 2.45) is 0 Å². The van der Waals surface area contributed by atoms with E-state index in [4.69, 9.17) is 9.72 Å². The third kappa shape index (κ3) is 11.3. The largest absolute Gasteiger partial charge is 0.497 e. The number of unbranched alkanes of at least 4 members (excludes halogenated alkanes) is 14. The Morgan fingerprint density at radius 3 is 1.85 bits per heavy atom. The molecule has 2 aromatic rings. The summed E-state index contributed by atoms with van der Waals surface area (Å²) in [5.74, 6) is 2.14.